The van der Waals surface area contributed by atoms with Gasteiger partial charge >= 0.3 is 5.97 Å². The first-order valence-corrected chi connectivity index (χ1v) is 10.5. The number of aliphatic carboxylic acids is 1. The standard InChI is InChI=1S/C23H21N3O5S/c1-14(23(29)30)12-20(27)24-17-8-10-18(11-9-17)32-21(16-6-4-3-5-7-16)22(28)25-19-13-15(2)31-26-19/h3-13,21H,1-2H3,(H,24,27)(H,29,30)(H,25,26,28). The molecule has 0 aliphatic heterocycles. The van der Waals surface area contributed by atoms with Crippen LogP contribution in [0.4, 0.5) is 11.5 Å². The molecule has 0 saturated heterocycles. The summed E-state index contributed by atoms with van der Waals surface area (Å²) >= 11 is 1.35. The lowest BCUT2D eigenvalue weighted by Gasteiger charge is -2.16. The molecular weight excluding hydrogens is 430 g/mol. The van der Waals surface area contributed by atoms with E-state index < -0.39 is 17.1 Å². The maximum atomic E-state index is 13.0. The lowest BCUT2D eigenvalue weighted by Crippen LogP contribution is -2.19. The summed E-state index contributed by atoms with van der Waals surface area (Å²) in [6.45, 7) is 3.09. The number of aryl methyl sites for hydroxylation is 1. The Labute approximate surface area is 188 Å². The third-order valence-electron chi connectivity index (χ3n) is 4.28. The van der Waals surface area contributed by atoms with Gasteiger partial charge in [-0.25, -0.2) is 4.79 Å². The van der Waals surface area contributed by atoms with Crippen molar-refractivity contribution in [2.75, 3.05) is 10.6 Å². The van der Waals surface area contributed by atoms with Crippen LogP contribution in [0.1, 0.15) is 23.5 Å². The van der Waals surface area contributed by atoms with Gasteiger partial charge in [0.2, 0.25) is 11.8 Å². The lowest BCUT2D eigenvalue weighted by molar-refractivity contribution is -0.132. The molecule has 0 spiro atoms. The van der Waals surface area contributed by atoms with E-state index in [-0.39, 0.29) is 11.5 Å². The second-order valence-corrected chi connectivity index (χ2v) is 8.05. The number of nitrogens with zero attached hydrogens (tertiary/aromatic N) is 1. The predicted octanol–water partition coefficient (Wildman–Crippen LogP) is 4.42. The van der Waals surface area contributed by atoms with Crippen molar-refractivity contribution in [2.24, 2.45) is 0 Å². The minimum atomic E-state index is -1.15. The topological polar surface area (TPSA) is 122 Å². The summed E-state index contributed by atoms with van der Waals surface area (Å²) in [7, 11) is 0. The summed E-state index contributed by atoms with van der Waals surface area (Å²) in [4.78, 5) is 36.5. The Hall–Kier alpha value is -3.85. The molecule has 1 aromatic heterocycles. The van der Waals surface area contributed by atoms with Crippen LogP contribution in [0, 0.1) is 6.92 Å². The number of nitrogens with one attached hydrogen (secondary N) is 2. The molecule has 1 atom stereocenters. The predicted molar refractivity (Wildman–Crippen MR) is 121 cm³/mol. The zero-order chi connectivity index (χ0) is 23.1. The molecule has 2 amide bonds. The highest BCUT2D eigenvalue weighted by atomic mass is 32.2. The van der Waals surface area contributed by atoms with E-state index in [1.165, 1.54) is 18.7 Å². The van der Waals surface area contributed by atoms with E-state index in [0.29, 0.717) is 17.3 Å². The van der Waals surface area contributed by atoms with E-state index in [1.54, 1.807) is 37.3 Å². The Bertz CT molecular complexity index is 1140. The smallest absolute Gasteiger partial charge is 0.331 e. The van der Waals surface area contributed by atoms with Gasteiger partial charge in [-0.05, 0) is 43.7 Å². The Balaban J connectivity index is 1.73. The van der Waals surface area contributed by atoms with Crippen LogP contribution < -0.4 is 10.6 Å². The Kier molecular flexibility index (Phi) is 7.45. The van der Waals surface area contributed by atoms with E-state index in [2.05, 4.69) is 15.8 Å². The van der Waals surface area contributed by atoms with Gasteiger partial charge in [-0.1, -0.05) is 35.5 Å². The van der Waals surface area contributed by atoms with Gasteiger partial charge in [-0.2, -0.15) is 0 Å². The van der Waals surface area contributed by atoms with Gasteiger partial charge in [0.15, 0.2) is 5.82 Å². The number of thioether (sulfide) groups is 1. The average Bonchev–Trinajstić information content (AvgIpc) is 3.18. The number of carboxylic acid groups (broad SMARTS) is 1. The number of anilines is 2. The summed E-state index contributed by atoms with van der Waals surface area (Å²) in [6, 6.07) is 17.9. The second kappa shape index (κ2) is 10.5. The van der Waals surface area contributed by atoms with Gasteiger partial charge < -0.3 is 20.3 Å². The van der Waals surface area contributed by atoms with Gasteiger partial charge in [0.1, 0.15) is 11.0 Å². The number of rotatable bonds is 8. The fourth-order valence-electron chi connectivity index (χ4n) is 2.71. The zero-order valence-corrected chi connectivity index (χ0v) is 18.2. The molecule has 0 aliphatic carbocycles. The molecule has 3 N–H and O–H groups in total. The van der Waals surface area contributed by atoms with Crippen molar-refractivity contribution < 1.29 is 24.0 Å². The molecule has 0 fully saturated rings. The van der Waals surface area contributed by atoms with Gasteiger partial charge in [0, 0.05) is 28.3 Å². The first-order chi connectivity index (χ1) is 15.3. The second-order valence-electron chi connectivity index (χ2n) is 6.87. The highest BCUT2D eigenvalue weighted by molar-refractivity contribution is 8.00. The van der Waals surface area contributed by atoms with Crippen LogP contribution in [0.3, 0.4) is 0 Å². The molecule has 2 aromatic carbocycles. The lowest BCUT2D eigenvalue weighted by atomic mass is 10.1. The number of hydrogen-bond donors (Lipinski definition) is 3. The van der Waals surface area contributed by atoms with E-state index in [0.717, 1.165) is 16.5 Å². The fourth-order valence-corrected chi connectivity index (χ4v) is 3.73. The summed E-state index contributed by atoms with van der Waals surface area (Å²) in [6.07, 6.45) is 1.02. The SMILES string of the molecule is CC(=CC(=O)Nc1ccc(SC(C(=O)Nc2cc(C)on2)c2ccccc2)cc1)C(=O)O. The number of amides is 2. The maximum absolute atomic E-state index is 13.0. The molecule has 0 radical (unpaired) electrons. The molecule has 32 heavy (non-hydrogen) atoms. The Morgan fingerprint density at radius 3 is 2.34 bits per heavy atom. The van der Waals surface area contributed by atoms with E-state index in [9.17, 15) is 14.4 Å². The van der Waals surface area contributed by atoms with Crippen molar-refractivity contribution in [3.63, 3.8) is 0 Å². The number of hydrogen-bond acceptors (Lipinski definition) is 6. The first kappa shape index (κ1) is 22.8. The minimum absolute atomic E-state index is 0.0614. The highest BCUT2D eigenvalue weighted by Gasteiger charge is 2.23. The highest BCUT2D eigenvalue weighted by Crippen LogP contribution is 2.36. The Morgan fingerprint density at radius 2 is 1.75 bits per heavy atom. The zero-order valence-electron chi connectivity index (χ0n) is 17.4. The molecule has 9 heteroatoms. The van der Waals surface area contributed by atoms with Crippen LogP contribution in [0.2, 0.25) is 0 Å². The van der Waals surface area contributed by atoms with Crippen molar-refractivity contribution in [2.45, 2.75) is 24.0 Å². The number of carboxylic acids is 1. The normalized spacial score (nSPS) is 12.1. The average molecular weight is 452 g/mol. The van der Waals surface area contributed by atoms with Crippen LogP contribution in [0.15, 0.2) is 81.7 Å². The van der Waals surface area contributed by atoms with Gasteiger partial charge in [0.05, 0.1) is 0 Å². The van der Waals surface area contributed by atoms with E-state index in [4.69, 9.17) is 9.63 Å². The van der Waals surface area contributed by atoms with E-state index in [1.807, 2.05) is 30.3 Å². The minimum Gasteiger partial charge on any atom is -0.478 e. The number of carbonyl (C=O) groups excluding carboxylic acids is 2. The van der Waals surface area contributed by atoms with Crippen LogP contribution in [-0.4, -0.2) is 28.0 Å². The molecule has 1 unspecified atom stereocenters. The van der Waals surface area contributed by atoms with Gasteiger partial charge in [0.25, 0.3) is 0 Å². The fraction of sp³-hybridized carbons (Fsp3) is 0.130. The van der Waals surface area contributed by atoms with Crippen molar-refractivity contribution in [3.8, 4) is 0 Å². The number of aromatic nitrogens is 1. The van der Waals surface area contributed by atoms with Crippen LogP contribution in [0.5, 0.6) is 0 Å². The summed E-state index contributed by atoms with van der Waals surface area (Å²) in [5, 5.41) is 17.5. The maximum Gasteiger partial charge on any atom is 0.331 e. The quantitative estimate of drug-likeness (QED) is 0.342. The summed E-state index contributed by atoms with van der Waals surface area (Å²) in [5.41, 5.74) is 1.27. The summed E-state index contributed by atoms with van der Waals surface area (Å²) in [5.74, 6) is -0.999. The third kappa shape index (κ3) is 6.32. The molecule has 0 aliphatic rings. The molecule has 164 valence electrons. The Morgan fingerprint density at radius 1 is 1.06 bits per heavy atom. The number of benzene rings is 2. The van der Waals surface area contributed by atoms with Gasteiger partial charge in [-0.3, -0.25) is 9.59 Å². The van der Waals surface area contributed by atoms with Crippen molar-refractivity contribution >= 4 is 41.1 Å². The number of carbonyl (C=O) groups is 3. The third-order valence-corrected chi connectivity index (χ3v) is 5.55. The van der Waals surface area contributed by atoms with Gasteiger partial charge in [-0.15, -0.1) is 11.8 Å². The molecular formula is C23H21N3O5S. The molecule has 3 rings (SSSR count). The molecule has 8 nitrogen and oxygen atoms in total. The van der Waals surface area contributed by atoms with Crippen molar-refractivity contribution in [3.05, 3.63) is 83.6 Å². The van der Waals surface area contributed by atoms with Crippen molar-refractivity contribution in [1.82, 2.24) is 5.16 Å². The van der Waals surface area contributed by atoms with Crippen LogP contribution in [0.25, 0.3) is 0 Å². The molecule has 3 aromatic rings. The summed E-state index contributed by atoms with van der Waals surface area (Å²) < 4.78 is 5.01. The van der Waals surface area contributed by atoms with E-state index >= 15 is 0 Å². The molecule has 0 saturated carbocycles. The monoisotopic (exact) mass is 451 g/mol. The molecule has 0 bridgehead atoms. The van der Waals surface area contributed by atoms with Crippen LogP contribution in [-0.2, 0) is 14.4 Å². The first-order valence-electron chi connectivity index (χ1n) is 9.60. The largest absolute Gasteiger partial charge is 0.478 e. The van der Waals surface area contributed by atoms with Crippen LogP contribution >= 0.6 is 11.8 Å². The van der Waals surface area contributed by atoms with Crippen molar-refractivity contribution in [1.29, 1.82) is 0 Å². The molecule has 1 heterocycles.